The number of rotatable bonds is 8. The second-order valence-electron chi connectivity index (χ2n) is 5.90. The largest absolute Gasteiger partial charge is 0.382 e. The predicted molar refractivity (Wildman–Crippen MR) is 101 cm³/mol. The maximum atomic E-state index is 12.3. The third kappa shape index (κ3) is 7.42. The second kappa shape index (κ2) is 11.8. The van der Waals surface area contributed by atoms with E-state index < -0.39 is 0 Å². The highest BCUT2D eigenvalue weighted by Gasteiger charge is 2.21. The van der Waals surface area contributed by atoms with Crippen molar-refractivity contribution in [2.75, 3.05) is 38.2 Å². The molecule has 0 saturated carbocycles. The first-order valence-electron chi connectivity index (χ1n) is 8.68. The first kappa shape index (κ1) is 21.4. The molecule has 1 fully saturated rings. The summed E-state index contributed by atoms with van der Waals surface area (Å²) in [6.45, 7) is 5.60. The highest BCUT2D eigenvalue weighted by Crippen LogP contribution is 2.16. The van der Waals surface area contributed by atoms with Crippen molar-refractivity contribution < 1.29 is 14.3 Å². The molecule has 2 rings (SSSR count). The van der Waals surface area contributed by atoms with Gasteiger partial charge in [0, 0.05) is 36.9 Å². The Morgan fingerprint density at radius 1 is 1.28 bits per heavy atom. The van der Waals surface area contributed by atoms with Gasteiger partial charge >= 0.3 is 0 Å². The van der Waals surface area contributed by atoms with Crippen LogP contribution < -0.4 is 16.0 Å². The van der Waals surface area contributed by atoms with Gasteiger partial charge in [-0.1, -0.05) is 6.07 Å². The van der Waals surface area contributed by atoms with Gasteiger partial charge < -0.3 is 20.7 Å². The highest BCUT2D eigenvalue weighted by atomic mass is 35.5. The molecule has 1 aromatic rings. The van der Waals surface area contributed by atoms with Crippen molar-refractivity contribution in [2.24, 2.45) is 5.92 Å². The van der Waals surface area contributed by atoms with Gasteiger partial charge in [-0.05, 0) is 57.5 Å². The molecule has 2 amide bonds. The molecule has 0 atom stereocenters. The summed E-state index contributed by atoms with van der Waals surface area (Å²) in [5.41, 5.74) is 1.22. The number of hydrogen-bond acceptors (Lipinski definition) is 4. The monoisotopic (exact) mass is 369 g/mol. The van der Waals surface area contributed by atoms with E-state index >= 15 is 0 Å². The minimum absolute atomic E-state index is 0. The fourth-order valence-corrected chi connectivity index (χ4v) is 2.69. The molecule has 1 heterocycles. The van der Waals surface area contributed by atoms with Gasteiger partial charge in [0.05, 0.1) is 0 Å². The lowest BCUT2D eigenvalue weighted by Gasteiger charge is -2.21. The Balaban J connectivity index is 0.00000312. The van der Waals surface area contributed by atoms with Crippen molar-refractivity contribution in [2.45, 2.75) is 26.2 Å². The third-order valence-corrected chi connectivity index (χ3v) is 4.06. The fraction of sp³-hybridized carbons (Fsp3) is 0.556. The summed E-state index contributed by atoms with van der Waals surface area (Å²) in [5.74, 6) is -0.0578. The number of amides is 2. The van der Waals surface area contributed by atoms with Crippen LogP contribution in [0.2, 0.25) is 0 Å². The highest BCUT2D eigenvalue weighted by molar-refractivity contribution is 5.97. The minimum Gasteiger partial charge on any atom is -0.382 e. The Bertz CT molecular complexity index is 548. The number of nitrogens with one attached hydrogen (secondary N) is 3. The van der Waals surface area contributed by atoms with Crippen molar-refractivity contribution in [3.8, 4) is 0 Å². The van der Waals surface area contributed by atoms with E-state index in [-0.39, 0.29) is 30.1 Å². The molecule has 25 heavy (non-hydrogen) atoms. The van der Waals surface area contributed by atoms with Gasteiger partial charge in [0.15, 0.2) is 0 Å². The van der Waals surface area contributed by atoms with E-state index in [1.807, 2.05) is 13.0 Å². The van der Waals surface area contributed by atoms with Crippen LogP contribution in [0, 0.1) is 5.92 Å². The molecule has 1 aliphatic rings. The summed E-state index contributed by atoms with van der Waals surface area (Å²) >= 11 is 0. The van der Waals surface area contributed by atoms with Gasteiger partial charge in [0.1, 0.15) is 0 Å². The number of carbonyl (C=O) groups is 2. The maximum Gasteiger partial charge on any atom is 0.251 e. The lowest BCUT2D eigenvalue weighted by molar-refractivity contribution is -0.120. The first-order chi connectivity index (χ1) is 11.7. The number of halogens is 1. The summed E-state index contributed by atoms with van der Waals surface area (Å²) in [4.78, 5) is 24.4. The number of benzene rings is 1. The number of anilines is 1. The zero-order valence-corrected chi connectivity index (χ0v) is 15.5. The van der Waals surface area contributed by atoms with Gasteiger partial charge in [0.2, 0.25) is 5.91 Å². The second-order valence-corrected chi connectivity index (χ2v) is 5.90. The molecule has 0 unspecified atom stereocenters. The Morgan fingerprint density at radius 3 is 2.76 bits per heavy atom. The van der Waals surface area contributed by atoms with Crippen molar-refractivity contribution in [3.05, 3.63) is 29.8 Å². The Hall–Kier alpha value is -1.63. The SMILES string of the molecule is CCOCCCNC(=O)c1cccc(NC(=O)C2CCNCC2)c1.Cl. The van der Waals surface area contributed by atoms with Crippen LogP contribution in [0.1, 0.15) is 36.5 Å². The van der Waals surface area contributed by atoms with Crippen LogP contribution in [0.3, 0.4) is 0 Å². The van der Waals surface area contributed by atoms with E-state index in [4.69, 9.17) is 4.74 Å². The predicted octanol–water partition coefficient (Wildman–Crippen LogP) is 2.20. The van der Waals surface area contributed by atoms with E-state index in [0.717, 1.165) is 32.4 Å². The summed E-state index contributed by atoms with van der Waals surface area (Å²) in [6.07, 6.45) is 2.49. The third-order valence-electron chi connectivity index (χ3n) is 4.06. The summed E-state index contributed by atoms with van der Waals surface area (Å²) in [7, 11) is 0. The topological polar surface area (TPSA) is 79.5 Å². The molecule has 140 valence electrons. The van der Waals surface area contributed by atoms with Crippen LogP contribution >= 0.6 is 12.4 Å². The van der Waals surface area contributed by atoms with Gasteiger partial charge in [-0.3, -0.25) is 9.59 Å². The minimum atomic E-state index is -0.135. The van der Waals surface area contributed by atoms with Gasteiger partial charge in [-0.15, -0.1) is 12.4 Å². The number of piperidine rings is 1. The molecule has 7 heteroatoms. The van der Waals surface area contributed by atoms with E-state index in [0.29, 0.717) is 31.0 Å². The average molecular weight is 370 g/mol. The zero-order chi connectivity index (χ0) is 17.2. The smallest absolute Gasteiger partial charge is 0.251 e. The molecule has 6 nitrogen and oxygen atoms in total. The Labute approximate surface area is 155 Å². The zero-order valence-electron chi connectivity index (χ0n) is 14.7. The van der Waals surface area contributed by atoms with Crippen LogP contribution in [-0.4, -0.2) is 44.7 Å². The molecule has 0 bridgehead atoms. The maximum absolute atomic E-state index is 12.3. The Kier molecular flexibility index (Phi) is 10.1. The standard InChI is InChI=1S/C18H27N3O3.ClH/c1-2-24-12-4-9-20-17(22)15-5-3-6-16(13-15)21-18(23)14-7-10-19-11-8-14;/h3,5-6,13-14,19H,2,4,7-12H2,1H3,(H,20,22)(H,21,23);1H. The van der Waals surface area contributed by atoms with Crippen molar-refractivity contribution in [1.82, 2.24) is 10.6 Å². The summed E-state index contributed by atoms with van der Waals surface area (Å²) in [6, 6.07) is 7.06. The van der Waals surface area contributed by atoms with Crippen LogP contribution in [0.25, 0.3) is 0 Å². The van der Waals surface area contributed by atoms with Crippen LogP contribution in [0.4, 0.5) is 5.69 Å². The first-order valence-corrected chi connectivity index (χ1v) is 8.68. The van der Waals surface area contributed by atoms with Gasteiger partial charge in [0.25, 0.3) is 5.91 Å². The molecule has 0 aliphatic carbocycles. The molecule has 0 aromatic heterocycles. The molecular weight excluding hydrogens is 342 g/mol. The molecule has 0 radical (unpaired) electrons. The number of hydrogen-bond donors (Lipinski definition) is 3. The summed E-state index contributed by atoms with van der Waals surface area (Å²) < 4.78 is 5.24. The van der Waals surface area contributed by atoms with Crippen LogP contribution in [0.15, 0.2) is 24.3 Å². The normalized spacial score (nSPS) is 14.4. The quantitative estimate of drug-likeness (QED) is 0.614. The molecule has 1 saturated heterocycles. The van der Waals surface area contributed by atoms with Crippen LogP contribution in [0.5, 0.6) is 0 Å². The van der Waals surface area contributed by atoms with E-state index in [1.165, 1.54) is 0 Å². The van der Waals surface area contributed by atoms with Crippen molar-refractivity contribution in [1.29, 1.82) is 0 Å². The summed E-state index contributed by atoms with van der Waals surface area (Å²) in [5, 5.41) is 9.03. The lowest BCUT2D eigenvalue weighted by Crippen LogP contribution is -2.34. The molecule has 0 spiro atoms. The average Bonchev–Trinajstić information content (AvgIpc) is 2.62. The number of carbonyl (C=O) groups excluding carboxylic acids is 2. The van der Waals surface area contributed by atoms with E-state index in [9.17, 15) is 9.59 Å². The van der Waals surface area contributed by atoms with Gasteiger partial charge in [-0.25, -0.2) is 0 Å². The Morgan fingerprint density at radius 2 is 2.04 bits per heavy atom. The molecule has 3 N–H and O–H groups in total. The van der Waals surface area contributed by atoms with Crippen molar-refractivity contribution >= 4 is 29.9 Å². The number of ether oxygens (including phenoxy) is 1. The molecular formula is C18H28ClN3O3. The fourth-order valence-electron chi connectivity index (χ4n) is 2.69. The van der Waals surface area contributed by atoms with E-state index in [1.54, 1.807) is 18.2 Å². The molecule has 1 aromatic carbocycles. The van der Waals surface area contributed by atoms with Gasteiger partial charge in [-0.2, -0.15) is 0 Å². The lowest BCUT2D eigenvalue weighted by atomic mass is 9.97. The van der Waals surface area contributed by atoms with Crippen molar-refractivity contribution in [3.63, 3.8) is 0 Å². The van der Waals surface area contributed by atoms with Crippen LogP contribution in [-0.2, 0) is 9.53 Å². The molecule has 1 aliphatic heterocycles. The van der Waals surface area contributed by atoms with E-state index in [2.05, 4.69) is 16.0 Å².